The van der Waals surface area contributed by atoms with E-state index in [1.807, 2.05) is 50.2 Å². The van der Waals surface area contributed by atoms with E-state index in [0.29, 0.717) is 18.0 Å². The van der Waals surface area contributed by atoms with Gasteiger partial charge in [-0.3, -0.25) is 4.98 Å². The number of nitrogens with one attached hydrogen (secondary N) is 2. The number of carbonyl (C=O) groups is 1. The number of hydrogen-bond donors (Lipinski definition) is 2. The molecule has 1 aromatic heterocycles. The van der Waals surface area contributed by atoms with E-state index in [0.717, 1.165) is 5.69 Å². The van der Waals surface area contributed by atoms with Gasteiger partial charge >= 0.3 is 6.03 Å². The molecule has 5 nitrogen and oxygen atoms in total. The van der Waals surface area contributed by atoms with Crippen molar-refractivity contribution in [2.45, 2.75) is 19.9 Å². The van der Waals surface area contributed by atoms with Crippen LogP contribution in [-0.4, -0.2) is 17.6 Å². The third-order valence-corrected chi connectivity index (χ3v) is 2.91. The van der Waals surface area contributed by atoms with Crippen molar-refractivity contribution in [3.63, 3.8) is 0 Å². The molecule has 0 saturated carbocycles. The number of aromatic nitrogens is 1. The quantitative estimate of drug-likeness (QED) is 0.885. The Balaban J connectivity index is 1.99. The Morgan fingerprint density at radius 1 is 1.24 bits per heavy atom. The number of anilines is 1. The van der Waals surface area contributed by atoms with Crippen LogP contribution in [0, 0.1) is 0 Å². The number of nitrogens with zero attached hydrogens (tertiary/aromatic N) is 1. The summed E-state index contributed by atoms with van der Waals surface area (Å²) in [5, 5.41) is 5.64. The van der Waals surface area contributed by atoms with Gasteiger partial charge in [-0.1, -0.05) is 18.2 Å². The summed E-state index contributed by atoms with van der Waals surface area (Å²) in [6, 6.07) is 12.5. The maximum atomic E-state index is 12.0. The molecule has 0 bridgehead atoms. The minimum Gasteiger partial charge on any atom is -0.492 e. The molecule has 1 aromatic carbocycles. The van der Waals surface area contributed by atoms with E-state index in [2.05, 4.69) is 15.6 Å². The van der Waals surface area contributed by atoms with Crippen LogP contribution >= 0.6 is 0 Å². The monoisotopic (exact) mass is 285 g/mol. The lowest BCUT2D eigenvalue weighted by atomic mass is 10.2. The molecule has 0 aliphatic rings. The van der Waals surface area contributed by atoms with Crippen LogP contribution in [0.5, 0.6) is 5.75 Å². The van der Waals surface area contributed by atoms with E-state index < -0.39 is 0 Å². The fourth-order valence-corrected chi connectivity index (χ4v) is 1.91. The maximum Gasteiger partial charge on any atom is 0.319 e. The first-order chi connectivity index (χ1) is 10.2. The summed E-state index contributed by atoms with van der Waals surface area (Å²) in [5.41, 5.74) is 1.45. The molecule has 0 radical (unpaired) electrons. The molecular formula is C16H19N3O2. The summed E-state index contributed by atoms with van der Waals surface area (Å²) in [4.78, 5) is 16.3. The molecule has 1 heterocycles. The van der Waals surface area contributed by atoms with Crippen molar-refractivity contribution in [2.75, 3.05) is 11.9 Å². The van der Waals surface area contributed by atoms with Gasteiger partial charge in [0, 0.05) is 6.20 Å². The molecule has 1 atom stereocenters. The van der Waals surface area contributed by atoms with Gasteiger partial charge in [0.1, 0.15) is 5.75 Å². The van der Waals surface area contributed by atoms with Crippen molar-refractivity contribution in [3.8, 4) is 5.75 Å². The first-order valence-corrected chi connectivity index (χ1v) is 6.91. The van der Waals surface area contributed by atoms with Crippen molar-refractivity contribution in [1.29, 1.82) is 0 Å². The highest BCUT2D eigenvalue weighted by molar-refractivity contribution is 5.91. The van der Waals surface area contributed by atoms with Crippen LogP contribution < -0.4 is 15.4 Å². The molecule has 2 aromatic rings. The van der Waals surface area contributed by atoms with Crippen LogP contribution in [0.2, 0.25) is 0 Å². The van der Waals surface area contributed by atoms with Gasteiger partial charge in [0.2, 0.25) is 0 Å². The molecule has 0 saturated heterocycles. The van der Waals surface area contributed by atoms with Crippen LogP contribution in [0.4, 0.5) is 10.5 Å². The lowest BCUT2D eigenvalue weighted by Crippen LogP contribution is -2.31. The Bertz CT molecular complexity index is 587. The van der Waals surface area contributed by atoms with E-state index in [9.17, 15) is 4.79 Å². The van der Waals surface area contributed by atoms with Crippen molar-refractivity contribution in [2.24, 2.45) is 0 Å². The predicted octanol–water partition coefficient (Wildman–Crippen LogP) is 3.36. The summed E-state index contributed by atoms with van der Waals surface area (Å²) in [7, 11) is 0. The Kier molecular flexibility index (Phi) is 5.15. The number of pyridine rings is 1. The average molecular weight is 285 g/mol. The SMILES string of the molecule is CCOc1ccccc1NC(=O)N[C@H](C)c1ccccn1. The maximum absolute atomic E-state index is 12.0. The third-order valence-electron chi connectivity index (χ3n) is 2.91. The van der Waals surface area contributed by atoms with Gasteiger partial charge in [-0.2, -0.15) is 0 Å². The second-order valence-electron chi connectivity index (χ2n) is 4.50. The largest absolute Gasteiger partial charge is 0.492 e. The molecule has 0 aliphatic carbocycles. The number of carbonyl (C=O) groups excluding carboxylic acids is 1. The van der Waals surface area contributed by atoms with Crippen LogP contribution in [0.15, 0.2) is 48.7 Å². The van der Waals surface area contributed by atoms with Gasteiger partial charge in [-0.15, -0.1) is 0 Å². The molecule has 5 heteroatoms. The Hall–Kier alpha value is -2.56. The number of ether oxygens (including phenoxy) is 1. The second-order valence-corrected chi connectivity index (χ2v) is 4.50. The molecule has 0 aliphatic heterocycles. The number of rotatable bonds is 5. The normalized spacial score (nSPS) is 11.5. The smallest absolute Gasteiger partial charge is 0.319 e. The minimum absolute atomic E-state index is 0.176. The molecule has 110 valence electrons. The lowest BCUT2D eigenvalue weighted by Gasteiger charge is -2.15. The highest BCUT2D eigenvalue weighted by Gasteiger charge is 2.12. The first-order valence-electron chi connectivity index (χ1n) is 6.91. The molecule has 0 fully saturated rings. The number of hydrogen-bond acceptors (Lipinski definition) is 3. The standard InChI is InChI=1S/C16H19N3O2/c1-3-21-15-10-5-4-9-14(15)19-16(20)18-12(2)13-8-6-7-11-17-13/h4-12H,3H2,1-2H3,(H2,18,19,20)/t12-/m1/s1. The Morgan fingerprint density at radius 2 is 2.00 bits per heavy atom. The second kappa shape index (κ2) is 7.28. The van der Waals surface area contributed by atoms with Gasteiger partial charge in [0.25, 0.3) is 0 Å². The lowest BCUT2D eigenvalue weighted by molar-refractivity contribution is 0.249. The topological polar surface area (TPSA) is 63.2 Å². The van der Waals surface area contributed by atoms with Crippen LogP contribution in [0.1, 0.15) is 25.6 Å². The number of urea groups is 1. The van der Waals surface area contributed by atoms with Gasteiger partial charge < -0.3 is 15.4 Å². The number of para-hydroxylation sites is 2. The van der Waals surface area contributed by atoms with Crippen LogP contribution in [0.25, 0.3) is 0 Å². The van der Waals surface area contributed by atoms with Crippen molar-refractivity contribution >= 4 is 11.7 Å². The summed E-state index contributed by atoms with van der Waals surface area (Å²) < 4.78 is 5.47. The van der Waals surface area contributed by atoms with Gasteiger partial charge in [-0.25, -0.2) is 4.79 Å². The molecule has 0 spiro atoms. The molecule has 21 heavy (non-hydrogen) atoms. The zero-order valence-corrected chi connectivity index (χ0v) is 12.2. The fraction of sp³-hybridized carbons (Fsp3) is 0.250. The zero-order valence-electron chi connectivity index (χ0n) is 12.2. The third kappa shape index (κ3) is 4.21. The Morgan fingerprint density at radius 3 is 2.71 bits per heavy atom. The van der Waals surface area contributed by atoms with Crippen LogP contribution in [-0.2, 0) is 0 Å². The average Bonchev–Trinajstić information content (AvgIpc) is 2.50. The van der Waals surface area contributed by atoms with Crippen molar-refractivity contribution in [3.05, 3.63) is 54.4 Å². The molecular weight excluding hydrogens is 266 g/mol. The van der Waals surface area contributed by atoms with Crippen molar-refractivity contribution in [1.82, 2.24) is 10.3 Å². The Labute approximate surface area is 124 Å². The molecule has 2 rings (SSSR count). The van der Waals surface area contributed by atoms with E-state index in [-0.39, 0.29) is 12.1 Å². The van der Waals surface area contributed by atoms with E-state index in [1.165, 1.54) is 0 Å². The molecule has 2 amide bonds. The summed E-state index contributed by atoms with van der Waals surface area (Å²) in [6.07, 6.45) is 1.70. The summed E-state index contributed by atoms with van der Waals surface area (Å²) >= 11 is 0. The fourth-order valence-electron chi connectivity index (χ4n) is 1.91. The highest BCUT2D eigenvalue weighted by atomic mass is 16.5. The van der Waals surface area contributed by atoms with E-state index >= 15 is 0 Å². The van der Waals surface area contributed by atoms with E-state index in [4.69, 9.17) is 4.74 Å². The van der Waals surface area contributed by atoms with E-state index in [1.54, 1.807) is 12.3 Å². The molecule has 2 N–H and O–H groups in total. The summed E-state index contributed by atoms with van der Waals surface area (Å²) in [6.45, 7) is 4.33. The van der Waals surface area contributed by atoms with Crippen LogP contribution in [0.3, 0.4) is 0 Å². The highest BCUT2D eigenvalue weighted by Crippen LogP contribution is 2.23. The first kappa shape index (κ1) is 14.8. The summed E-state index contributed by atoms with van der Waals surface area (Å²) in [5.74, 6) is 0.653. The zero-order chi connectivity index (χ0) is 15.1. The predicted molar refractivity (Wildman–Crippen MR) is 82.4 cm³/mol. The number of benzene rings is 1. The minimum atomic E-state index is -0.291. The van der Waals surface area contributed by atoms with Gasteiger partial charge in [0.15, 0.2) is 0 Å². The number of amides is 2. The van der Waals surface area contributed by atoms with Gasteiger partial charge in [0.05, 0.1) is 24.0 Å². The van der Waals surface area contributed by atoms with Crippen molar-refractivity contribution < 1.29 is 9.53 Å². The van der Waals surface area contributed by atoms with Gasteiger partial charge in [-0.05, 0) is 38.1 Å². The molecule has 0 unspecified atom stereocenters.